The van der Waals surface area contributed by atoms with Gasteiger partial charge in [0.15, 0.2) is 5.69 Å². The van der Waals surface area contributed by atoms with Crippen LogP contribution >= 0.6 is 11.3 Å². The Morgan fingerprint density at radius 3 is 2.42 bits per heavy atom. The third-order valence-corrected chi connectivity index (χ3v) is 2.07. The van der Waals surface area contributed by atoms with E-state index in [1.165, 1.54) is 0 Å². The Balaban J connectivity index is 3.12. The Morgan fingerprint density at radius 2 is 2.00 bits per heavy atom. The summed E-state index contributed by atoms with van der Waals surface area (Å²) in [6.45, 7) is 0. The summed E-state index contributed by atoms with van der Waals surface area (Å²) < 4.78 is 0. The van der Waals surface area contributed by atoms with Gasteiger partial charge in [0.1, 0.15) is 22.0 Å². The topological polar surface area (TPSA) is 84.3 Å². The summed E-state index contributed by atoms with van der Waals surface area (Å²) in [4.78, 5) is 4.08. The van der Waals surface area contributed by atoms with Crippen LogP contribution in [0.5, 0.6) is 0 Å². The van der Waals surface area contributed by atoms with Crippen LogP contribution in [0.4, 0.5) is 0 Å². The number of hydrogen-bond donors (Lipinski definition) is 0. The number of nitriles is 3. The monoisotopic (exact) mass is 174 g/mol. The molecule has 0 aliphatic heterocycles. The number of nitrogens with zero attached hydrogens (tertiary/aromatic N) is 4. The molecule has 0 saturated heterocycles. The third kappa shape index (κ3) is 1.40. The largest absolute Gasteiger partial charge is 0.228 e. The lowest BCUT2D eigenvalue weighted by Gasteiger charge is -1.76. The fraction of sp³-hybridized carbons (Fsp3) is 0.143. The first-order valence-corrected chi connectivity index (χ1v) is 3.80. The van der Waals surface area contributed by atoms with Gasteiger partial charge in [-0.05, 0) is 0 Å². The zero-order valence-electron chi connectivity index (χ0n) is 5.90. The van der Waals surface area contributed by atoms with E-state index in [9.17, 15) is 0 Å². The third-order valence-electron chi connectivity index (χ3n) is 1.11. The molecule has 0 aliphatic carbocycles. The summed E-state index contributed by atoms with van der Waals surface area (Å²) in [6, 6.07) is 5.54. The maximum atomic E-state index is 8.52. The van der Waals surface area contributed by atoms with Gasteiger partial charge in [-0.25, -0.2) is 4.98 Å². The lowest BCUT2D eigenvalue weighted by Crippen LogP contribution is -1.80. The minimum atomic E-state index is 0.118. The van der Waals surface area contributed by atoms with Gasteiger partial charge in [-0.1, -0.05) is 0 Å². The van der Waals surface area contributed by atoms with Gasteiger partial charge in [-0.15, -0.1) is 11.3 Å². The maximum absolute atomic E-state index is 8.52. The van der Waals surface area contributed by atoms with E-state index in [0.717, 1.165) is 11.3 Å². The second kappa shape index (κ2) is 3.48. The molecule has 1 aromatic heterocycles. The lowest BCUT2D eigenvalue weighted by molar-refractivity contribution is 1.17. The Kier molecular flexibility index (Phi) is 2.38. The van der Waals surface area contributed by atoms with Gasteiger partial charge in [0, 0.05) is 0 Å². The van der Waals surface area contributed by atoms with Gasteiger partial charge < -0.3 is 0 Å². The molecule has 1 rings (SSSR count). The van der Waals surface area contributed by atoms with Crippen LogP contribution in [0.15, 0.2) is 0 Å². The Bertz CT molecular complexity index is 381. The zero-order valence-corrected chi connectivity index (χ0v) is 6.72. The summed E-state index contributed by atoms with van der Waals surface area (Å²) in [5.41, 5.74) is 0.118. The SMILES string of the molecule is N#CCc1nc(C#N)c(C#N)s1. The standard InChI is InChI=1S/C7H2N4S/c8-2-1-7-11-5(3-9)6(4-10)12-7/h1H2. The highest BCUT2D eigenvalue weighted by Crippen LogP contribution is 2.16. The van der Waals surface area contributed by atoms with Gasteiger partial charge in [0.2, 0.25) is 0 Å². The van der Waals surface area contributed by atoms with Crippen LogP contribution in [-0.4, -0.2) is 4.98 Å². The van der Waals surface area contributed by atoms with Crippen molar-refractivity contribution < 1.29 is 0 Å². The van der Waals surface area contributed by atoms with Gasteiger partial charge >= 0.3 is 0 Å². The molecule has 0 N–H and O–H groups in total. The van der Waals surface area contributed by atoms with Crippen molar-refractivity contribution in [2.75, 3.05) is 0 Å². The molecule has 0 radical (unpaired) electrons. The summed E-state index contributed by atoms with van der Waals surface area (Å²) in [6.07, 6.45) is 0.154. The molecule has 0 amide bonds. The molecule has 4 nitrogen and oxygen atoms in total. The van der Waals surface area contributed by atoms with Gasteiger partial charge in [-0.2, -0.15) is 15.8 Å². The number of rotatable bonds is 1. The van der Waals surface area contributed by atoms with Crippen LogP contribution in [0.3, 0.4) is 0 Å². The smallest absolute Gasteiger partial charge is 0.169 e. The molecule has 1 aromatic rings. The Labute approximate surface area is 72.9 Å². The van der Waals surface area contributed by atoms with Crippen molar-refractivity contribution in [2.45, 2.75) is 6.42 Å². The van der Waals surface area contributed by atoms with Crippen LogP contribution in [0.2, 0.25) is 0 Å². The molecule has 12 heavy (non-hydrogen) atoms. The first kappa shape index (κ1) is 8.20. The molecule has 1 heterocycles. The van der Waals surface area contributed by atoms with E-state index in [1.54, 1.807) is 6.07 Å². The van der Waals surface area contributed by atoms with E-state index in [2.05, 4.69) is 4.98 Å². The molecule has 0 bridgehead atoms. The summed E-state index contributed by atoms with van der Waals surface area (Å²) >= 11 is 1.09. The fourth-order valence-corrected chi connectivity index (χ4v) is 1.40. The highest BCUT2D eigenvalue weighted by molar-refractivity contribution is 7.12. The molecule has 0 saturated carbocycles. The van der Waals surface area contributed by atoms with Crippen molar-refractivity contribution in [3.8, 4) is 18.2 Å². The molecule has 5 heteroatoms. The quantitative estimate of drug-likeness (QED) is 0.634. The molecule has 0 spiro atoms. The fourth-order valence-electron chi connectivity index (χ4n) is 0.659. The highest BCUT2D eigenvalue weighted by Gasteiger charge is 2.08. The molecule has 0 unspecified atom stereocenters. The maximum Gasteiger partial charge on any atom is 0.169 e. The second-order valence-corrected chi connectivity index (χ2v) is 2.93. The summed E-state index contributed by atoms with van der Waals surface area (Å²) in [5, 5.41) is 25.8. The molecule has 0 aromatic carbocycles. The van der Waals surface area contributed by atoms with Crippen LogP contribution in [0.1, 0.15) is 15.6 Å². The average Bonchev–Trinajstić information content (AvgIpc) is 2.48. The van der Waals surface area contributed by atoms with Gasteiger partial charge in [0.25, 0.3) is 0 Å². The second-order valence-electron chi connectivity index (χ2n) is 1.84. The summed E-state index contributed by atoms with van der Waals surface area (Å²) in [7, 11) is 0. The van der Waals surface area contributed by atoms with Crippen molar-refractivity contribution in [3.63, 3.8) is 0 Å². The van der Waals surface area contributed by atoms with Crippen LogP contribution < -0.4 is 0 Å². The van der Waals surface area contributed by atoms with Gasteiger partial charge in [-0.3, -0.25) is 0 Å². The van der Waals surface area contributed by atoms with Crippen molar-refractivity contribution in [1.82, 2.24) is 4.98 Å². The van der Waals surface area contributed by atoms with Crippen molar-refractivity contribution >= 4 is 11.3 Å². The molecule has 56 valence electrons. The number of thiazole rings is 1. The van der Waals surface area contributed by atoms with Crippen LogP contribution in [0.25, 0.3) is 0 Å². The molecular weight excluding hydrogens is 172 g/mol. The summed E-state index contributed by atoms with van der Waals surface area (Å²) in [5.74, 6) is 0. The van der Waals surface area contributed by atoms with Crippen molar-refractivity contribution in [1.29, 1.82) is 15.8 Å². The highest BCUT2D eigenvalue weighted by atomic mass is 32.1. The Hall–Kier alpha value is -1.90. The molecule has 0 aliphatic rings. The lowest BCUT2D eigenvalue weighted by atomic mass is 10.4. The van der Waals surface area contributed by atoms with Crippen molar-refractivity contribution in [2.24, 2.45) is 0 Å². The zero-order chi connectivity index (χ0) is 8.97. The normalized spacial score (nSPS) is 8.08. The number of aromatic nitrogens is 1. The molecule has 0 atom stereocenters. The van der Waals surface area contributed by atoms with Crippen LogP contribution in [-0.2, 0) is 6.42 Å². The van der Waals surface area contributed by atoms with Gasteiger partial charge in [0.05, 0.1) is 12.5 Å². The number of hydrogen-bond acceptors (Lipinski definition) is 5. The Morgan fingerprint density at radius 1 is 1.25 bits per heavy atom. The first-order chi connectivity index (χ1) is 5.81. The predicted molar refractivity (Wildman–Crippen MR) is 40.9 cm³/mol. The minimum Gasteiger partial charge on any atom is -0.228 e. The van der Waals surface area contributed by atoms with Crippen molar-refractivity contribution in [3.05, 3.63) is 15.6 Å². The predicted octanol–water partition coefficient (Wildman–Crippen LogP) is 0.953. The first-order valence-electron chi connectivity index (χ1n) is 2.98. The van der Waals surface area contributed by atoms with E-state index in [1.807, 2.05) is 12.1 Å². The average molecular weight is 174 g/mol. The minimum absolute atomic E-state index is 0.118. The van der Waals surface area contributed by atoms with E-state index in [0.29, 0.717) is 5.01 Å². The molecule has 0 fully saturated rings. The van der Waals surface area contributed by atoms with Crippen LogP contribution in [0, 0.1) is 34.0 Å². The van der Waals surface area contributed by atoms with E-state index in [4.69, 9.17) is 15.8 Å². The van der Waals surface area contributed by atoms with E-state index in [-0.39, 0.29) is 17.0 Å². The van der Waals surface area contributed by atoms with E-state index < -0.39 is 0 Å². The molecular formula is C7H2N4S. The van der Waals surface area contributed by atoms with E-state index >= 15 is 0 Å².